The predicted molar refractivity (Wildman–Crippen MR) is 171 cm³/mol. The van der Waals surface area contributed by atoms with Crippen molar-refractivity contribution in [1.82, 2.24) is 14.1 Å². The molecule has 0 spiro atoms. The Morgan fingerprint density at radius 3 is 2.15 bits per heavy atom. The van der Waals surface area contributed by atoms with Crippen molar-refractivity contribution < 1.29 is 40.6 Å². The molecule has 0 radical (unpaired) electrons. The topological polar surface area (TPSA) is 88.6 Å². The fraction of sp³-hybridized carbons (Fsp3) is 0.618. The van der Waals surface area contributed by atoms with Gasteiger partial charge >= 0.3 is 6.18 Å². The van der Waals surface area contributed by atoms with Crippen LogP contribution >= 0.6 is 0 Å². The van der Waals surface area contributed by atoms with E-state index in [1.807, 2.05) is 0 Å². The lowest BCUT2D eigenvalue weighted by Gasteiger charge is -2.42. The van der Waals surface area contributed by atoms with E-state index < -0.39 is 27.4 Å². The summed E-state index contributed by atoms with van der Waals surface area (Å²) in [5.41, 5.74) is 0.403. The van der Waals surface area contributed by atoms with Crippen molar-refractivity contribution in [3.8, 4) is 5.75 Å². The van der Waals surface area contributed by atoms with Gasteiger partial charge in [-0.15, -0.1) is 0 Å². The molecule has 2 aromatic rings. The van der Waals surface area contributed by atoms with E-state index in [0.29, 0.717) is 55.0 Å². The van der Waals surface area contributed by atoms with Gasteiger partial charge in [0.15, 0.2) is 0 Å². The Morgan fingerprint density at radius 2 is 1.60 bits per heavy atom. The third kappa shape index (κ3) is 8.48. The summed E-state index contributed by atoms with van der Waals surface area (Å²) in [5.74, 6) is 0.382. The van der Waals surface area contributed by atoms with Crippen molar-refractivity contribution in [2.24, 2.45) is 0 Å². The number of halogens is 3. The Hall–Kier alpha value is -2.71. The molecule has 0 atom stereocenters. The Bertz CT molecular complexity index is 1460. The van der Waals surface area contributed by atoms with Gasteiger partial charge in [-0.1, -0.05) is 12.1 Å². The molecule has 0 aromatic heterocycles. The van der Waals surface area contributed by atoms with E-state index in [-0.39, 0.29) is 36.6 Å². The number of ether oxygens (including phenoxy) is 3. The first kappa shape index (κ1) is 35.6. The highest BCUT2D eigenvalue weighted by Crippen LogP contribution is 2.39. The Morgan fingerprint density at radius 1 is 0.979 bits per heavy atom. The monoisotopic (exact) mass is 681 g/mol. The van der Waals surface area contributed by atoms with Crippen molar-refractivity contribution in [3.63, 3.8) is 0 Å². The summed E-state index contributed by atoms with van der Waals surface area (Å²) in [4.78, 5) is 17.4. The van der Waals surface area contributed by atoms with Crippen LogP contribution in [0.4, 0.5) is 13.2 Å². The molecule has 0 N–H and O–H groups in total. The van der Waals surface area contributed by atoms with E-state index in [2.05, 4.69) is 4.90 Å². The molecule has 0 unspecified atom stereocenters. The van der Waals surface area contributed by atoms with Crippen LogP contribution in [0.15, 0.2) is 41.3 Å². The van der Waals surface area contributed by atoms with Gasteiger partial charge in [-0.2, -0.15) is 17.5 Å². The van der Waals surface area contributed by atoms with Gasteiger partial charge < -0.3 is 24.0 Å². The maximum atomic E-state index is 13.7. The zero-order valence-corrected chi connectivity index (χ0v) is 28.3. The first-order valence-electron chi connectivity index (χ1n) is 16.4. The number of hydrogen-bond donors (Lipinski definition) is 0. The first-order valence-corrected chi connectivity index (χ1v) is 17.8. The van der Waals surface area contributed by atoms with Crippen LogP contribution in [0, 0.1) is 13.8 Å². The Kier molecular flexibility index (Phi) is 11.2. The minimum atomic E-state index is -4.43. The van der Waals surface area contributed by atoms with Gasteiger partial charge in [0.05, 0.1) is 36.4 Å². The van der Waals surface area contributed by atoms with Crippen molar-refractivity contribution in [2.75, 3.05) is 66.2 Å². The second kappa shape index (κ2) is 14.8. The van der Waals surface area contributed by atoms with Gasteiger partial charge in [-0.3, -0.25) is 4.79 Å². The van der Waals surface area contributed by atoms with Crippen LogP contribution in [0.25, 0.3) is 0 Å². The smallest absolute Gasteiger partial charge is 0.416 e. The number of benzene rings is 2. The third-order valence-corrected chi connectivity index (χ3v) is 11.8. The molecule has 1 aliphatic carbocycles. The summed E-state index contributed by atoms with van der Waals surface area (Å²) in [6.45, 7) is 7.50. The van der Waals surface area contributed by atoms with Crippen LogP contribution in [0.5, 0.6) is 5.75 Å². The van der Waals surface area contributed by atoms with Crippen LogP contribution in [0.1, 0.15) is 60.8 Å². The SMILES string of the molecule is COc1cc(C)c(S(=O)(=O)N(CCOCC(=O)N2CCC(OCCN3CCCC3)(c3ccc(C(F)(F)F)cc3)CC2)C2CC2)c(C)c1. The fourth-order valence-corrected chi connectivity index (χ4v) is 8.88. The molecule has 2 aliphatic heterocycles. The average Bonchev–Trinajstić information content (AvgIpc) is 3.73. The van der Waals surface area contributed by atoms with E-state index in [0.717, 1.165) is 57.5 Å². The highest BCUT2D eigenvalue weighted by molar-refractivity contribution is 7.89. The molecule has 9 nitrogen and oxygen atoms in total. The standard InChI is InChI=1S/C34H46F3N3O6S/c1-25-22-30(44-3)23-26(2)32(25)47(42,43)40(29-10-11-29)19-20-45-24-31(41)39-16-12-33(13-17-39,46-21-18-38-14-4-5-15-38)27-6-8-28(9-7-27)34(35,36)37/h6-9,22-23,29H,4-5,10-21,24H2,1-3H3. The van der Waals surface area contributed by atoms with Gasteiger partial charge in [0.2, 0.25) is 15.9 Å². The lowest BCUT2D eigenvalue weighted by atomic mass is 9.83. The zero-order chi connectivity index (χ0) is 33.8. The van der Waals surface area contributed by atoms with Crippen LogP contribution in [-0.4, -0.2) is 101 Å². The molecule has 47 heavy (non-hydrogen) atoms. The van der Waals surface area contributed by atoms with Crippen LogP contribution in [0.3, 0.4) is 0 Å². The third-order valence-electron chi connectivity index (χ3n) is 9.52. The molecule has 3 aliphatic rings. The lowest BCUT2D eigenvalue weighted by Crippen LogP contribution is -2.48. The quantitative estimate of drug-likeness (QED) is 0.256. The number of rotatable bonds is 14. The Labute approximate surface area is 276 Å². The molecule has 0 bridgehead atoms. The zero-order valence-electron chi connectivity index (χ0n) is 27.5. The number of sulfonamides is 1. The van der Waals surface area contributed by atoms with E-state index in [4.69, 9.17) is 14.2 Å². The number of carbonyl (C=O) groups is 1. The minimum absolute atomic E-state index is 0.0681. The van der Waals surface area contributed by atoms with Crippen molar-refractivity contribution in [1.29, 1.82) is 0 Å². The summed E-state index contributed by atoms with van der Waals surface area (Å²) in [7, 11) is -2.24. The fourth-order valence-electron chi connectivity index (χ4n) is 6.79. The molecule has 2 saturated heterocycles. The summed E-state index contributed by atoms with van der Waals surface area (Å²) in [5, 5.41) is 0. The predicted octanol–water partition coefficient (Wildman–Crippen LogP) is 5.13. The second-order valence-corrected chi connectivity index (χ2v) is 14.7. The maximum Gasteiger partial charge on any atom is 0.416 e. The maximum absolute atomic E-state index is 13.7. The number of amides is 1. The van der Waals surface area contributed by atoms with E-state index in [1.165, 1.54) is 16.4 Å². The molecule has 3 fully saturated rings. The normalized spacial score (nSPS) is 19.0. The summed E-state index contributed by atoms with van der Waals surface area (Å²) < 4.78 is 86.1. The molecule has 2 heterocycles. The number of methoxy groups -OCH3 is 1. The van der Waals surface area contributed by atoms with E-state index >= 15 is 0 Å². The van der Waals surface area contributed by atoms with Crippen molar-refractivity contribution >= 4 is 15.9 Å². The molecule has 260 valence electrons. The number of aryl methyl sites for hydroxylation is 2. The average molecular weight is 682 g/mol. The van der Waals surface area contributed by atoms with Gasteiger partial charge in [-0.05, 0) is 106 Å². The van der Waals surface area contributed by atoms with E-state index in [1.54, 1.807) is 38.0 Å². The second-order valence-electron chi connectivity index (χ2n) is 12.8. The number of nitrogens with zero attached hydrogens (tertiary/aromatic N) is 3. The van der Waals surface area contributed by atoms with Crippen LogP contribution < -0.4 is 4.74 Å². The molecular formula is C34H46F3N3O6S. The number of carbonyl (C=O) groups excluding carboxylic acids is 1. The number of alkyl halides is 3. The first-order chi connectivity index (χ1) is 22.3. The van der Waals surface area contributed by atoms with Gasteiger partial charge in [0, 0.05) is 32.2 Å². The summed E-state index contributed by atoms with van der Waals surface area (Å²) in [6.07, 6.45) is 0.323. The Balaban J connectivity index is 1.17. The van der Waals surface area contributed by atoms with Gasteiger partial charge in [0.25, 0.3) is 0 Å². The molecule has 13 heteroatoms. The molecule has 1 amide bonds. The summed E-state index contributed by atoms with van der Waals surface area (Å²) >= 11 is 0. The van der Waals surface area contributed by atoms with Crippen LogP contribution in [0.2, 0.25) is 0 Å². The largest absolute Gasteiger partial charge is 0.497 e. The number of hydrogen-bond acceptors (Lipinski definition) is 7. The minimum Gasteiger partial charge on any atom is -0.497 e. The summed E-state index contributed by atoms with van der Waals surface area (Å²) in [6, 6.07) is 8.50. The van der Waals surface area contributed by atoms with E-state index in [9.17, 15) is 26.4 Å². The highest BCUT2D eigenvalue weighted by Gasteiger charge is 2.41. The number of piperidine rings is 1. The van der Waals surface area contributed by atoms with Crippen molar-refractivity contribution in [3.05, 3.63) is 58.7 Å². The lowest BCUT2D eigenvalue weighted by molar-refractivity contribution is -0.144. The number of likely N-dealkylation sites (tertiary alicyclic amines) is 2. The van der Waals surface area contributed by atoms with Crippen molar-refractivity contribution in [2.45, 2.75) is 75.1 Å². The molecule has 5 rings (SSSR count). The van der Waals surface area contributed by atoms with Crippen LogP contribution in [-0.2, 0) is 36.1 Å². The van der Waals surface area contributed by atoms with Gasteiger partial charge in [-0.25, -0.2) is 8.42 Å². The molecule has 1 saturated carbocycles. The van der Waals surface area contributed by atoms with Gasteiger partial charge in [0.1, 0.15) is 12.4 Å². The highest BCUT2D eigenvalue weighted by atomic mass is 32.2. The molecule has 2 aromatic carbocycles. The molecular weight excluding hydrogens is 635 g/mol.